The Morgan fingerprint density at radius 1 is 1.25 bits per heavy atom. The SMILES string of the molecule is CC(CNC(=O)OCc1ccccc1)N1CCCCC1. The van der Waals surface area contributed by atoms with Gasteiger partial charge in [0.25, 0.3) is 0 Å². The van der Waals surface area contributed by atoms with Crippen molar-refractivity contribution in [2.75, 3.05) is 19.6 Å². The lowest BCUT2D eigenvalue weighted by atomic mass is 10.1. The molecule has 1 aromatic rings. The van der Waals surface area contributed by atoms with Gasteiger partial charge < -0.3 is 10.1 Å². The molecule has 1 heterocycles. The van der Waals surface area contributed by atoms with E-state index in [2.05, 4.69) is 17.1 Å². The van der Waals surface area contributed by atoms with Crippen LogP contribution in [0.1, 0.15) is 31.7 Å². The summed E-state index contributed by atoms with van der Waals surface area (Å²) in [6.07, 6.45) is 3.53. The van der Waals surface area contributed by atoms with E-state index in [-0.39, 0.29) is 6.09 Å². The molecule has 1 amide bonds. The van der Waals surface area contributed by atoms with E-state index in [4.69, 9.17) is 4.74 Å². The number of amides is 1. The number of nitrogens with one attached hydrogen (secondary N) is 1. The number of rotatable bonds is 5. The van der Waals surface area contributed by atoms with Crippen LogP contribution in [0.25, 0.3) is 0 Å². The van der Waals surface area contributed by atoms with Crippen molar-refractivity contribution in [2.45, 2.75) is 38.8 Å². The van der Waals surface area contributed by atoms with Gasteiger partial charge in [-0.2, -0.15) is 0 Å². The van der Waals surface area contributed by atoms with Crippen molar-refractivity contribution >= 4 is 6.09 Å². The zero-order valence-electron chi connectivity index (χ0n) is 12.2. The average molecular weight is 276 g/mol. The predicted molar refractivity (Wildman–Crippen MR) is 79.5 cm³/mol. The second-order valence-electron chi connectivity index (χ2n) is 5.39. The Morgan fingerprint density at radius 2 is 1.95 bits per heavy atom. The molecule has 4 heteroatoms. The van der Waals surface area contributed by atoms with Crippen molar-refractivity contribution in [3.8, 4) is 0 Å². The number of alkyl carbamates (subject to hydrolysis) is 1. The molecule has 0 bridgehead atoms. The Hall–Kier alpha value is -1.55. The van der Waals surface area contributed by atoms with Crippen molar-refractivity contribution < 1.29 is 9.53 Å². The van der Waals surface area contributed by atoms with Crippen LogP contribution in [-0.2, 0) is 11.3 Å². The summed E-state index contributed by atoms with van der Waals surface area (Å²) in [5, 5.41) is 2.85. The van der Waals surface area contributed by atoms with E-state index in [9.17, 15) is 4.79 Å². The average Bonchev–Trinajstić information content (AvgIpc) is 2.52. The summed E-state index contributed by atoms with van der Waals surface area (Å²) >= 11 is 0. The van der Waals surface area contributed by atoms with E-state index in [1.165, 1.54) is 19.3 Å². The summed E-state index contributed by atoms with van der Waals surface area (Å²) in [5.74, 6) is 0. The third-order valence-corrected chi connectivity index (χ3v) is 3.77. The van der Waals surface area contributed by atoms with Crippen molar-refractivity contribution in [3.63, 3.8) is 0 Å². The molecule has 1 aromatic carbocycles. The van der Waals surface area contributed by atoms with Gasteiger partial charge in [-0.05, 0) is 38.4 Å². The van der Waals surface area contributed by atoms with Crippen molar-refractivity contribution in [3.05, 3.63) is 35.9 Å². The molecule has 1 unspecified atom stereocenters. The summed E-state index contributed by atoms with van der Waals surface area (Å²) in [7, 11) is 0. The Labute approximate surface area is 121 Å². The van der Waals surface area contributed by atoms with E-state index >= 15 is 0 Å². The number of ether oxygens (including phenoxy) is 1. The van der Waals surface area contributed by atoms with Crippen LogP contribution in [0.5, 0.6) is 0 Å². The number of nitrogens with zero attached hydrogens (tertiary/aromatic N) is 1. The van der Waals surface area contributed by atoms with Crippen molar-refractivity contribution in [2.24, 2.45) is 0 Å². The number of hydrogen-bond acceptors (Lipinski definition) is 3. The number of benzene rings is 1. The molecule has 0 spiro atoms. The van der Waals surface area contributed by atoms with Gasteiger partial charge in [-0.1, -0.05) is 36.8 Å². The highest BCUT2D eigenvalue weighted by Gasteiger charge is 2.17. The first kappa shape index (κ1) is 14.9. The van der Waals surface area contributed by atoms with E-state index in [1.54, 1.807) is 0 Å². The molecule has 2 rings (SSSR count). The van der Waals surface area contributed by atoms with E-state index in [0.717, 1.165) is 18.7 Å². The Bertz CT molecular complexity index is 402. The number of carbonyl (C=O) groups excluding carboxylic acids is 1. The molecule has 1 atom stereocenters. The minimum Gasteiger partial charge on any atom is -0.445 e. The fourth-order valence-corrected chi connectivity index (χ4v) is 2.49. The first-order chi connectivity index (χ1) is 9.75. The van der Waals surface area contributed by atoms with Crippen LogP contribution in [0.15, 0.2) is 30.3 Å². The van der Waals surface area contributed by atoms with Gasteiger partial charge >= 0.3 is 6.09 Å². The van der Waals surface area contributed by atoms with Gasteiger partial charge in [0.2, 0.25) is 0 Å². The van der Waals surface area contributed by atoms with Gasteiger partial charge in [0.15, 0.2) is 0 Å². The zero-order valence-corrected chi connectivity index (χ0v) is 12.2. The molecule has 1 N–H and O–H groups in total. The number of piperidine rings is 1. The first-order valence-electron chi connectivity index (χ1n) is 7.44. The summed E-state index contributed by atoms with van der Waals surface area (Å²) in [4.78, 5) is 14.1. The zero-order chi connectivity index (χ0) is 14.2. The first-order valence-corrected chi connectivity index (χ1v) is 7.44. The lowest BCUT2D eigenvalue weighted by Gasteiger charge is -2.32. The molecule has 0 aromatic heterocycles. The maximum Gasteiger partial charge on any atom is 0.407 e. The van der Waals surface area contributed by atoms with Crippen LogP contribution < -0.4 is 5.32 Å². The second kappa shape index (κ2) is 7.90. The van der Waals surface area contributed by atoms with Crippen LogP contribution in [0.3, 0.4) is 0 Å². The topological polar surface area (TPSA) is 41.6 Å². The lowest BCUT2D eigenvalue weighted by Crippen LogP contribution is -2.44. The van der Waals surface area contributed by atoms with Crippen LogP contribution in [-0.4, -0.2) is 36.7 Å². The molecule has 20 heavy (non-hydrogen) atoms. The molecule has 0 saturated carbocycles. The molecule has 110 valence electrons. The minimum atomic E-state index is -0.335. The fraction of sp³-hybridized carbons (Fsp3) is 0.562. The summed E-state index contributed by atoms with van der Waals surface area (Å²) in [6.45, 7) is 5.41. The van der Waals surface area contributed by atoms with Gasteiger partial charge in [0.05, 0.1) is 0 Å². The Balaban J connectivity index is 1.64. The van der Waals surface area contributed by atoms with Gasteiger partial charge in [0, 0.05) is 12.6 Å². The normalized spacial score (nSPS) is 17.4. The molecule has 0 aliphatic carbocycles. The highest BCUT2D eigenvalue weighted by atomic mass is 16.5. The fourth-order valence-electron chi connectivity index (χ4n) is 2.49. The third-order valence-electron chi connectivity index (χ3n) is 3.77. The lowest BCUT2D eigenvalue weighted by molar-refractivity contribution is 0.129. The standard InChI is InChI=1S/C16H24N2O2/c1-14(18-10-6-3-7-11-18)12-17-16(19)20-13-15-8-4-2-5-9-15/h2,4-5,8-9,14H,3,6-7,10-13H2,1H3,(H,17,19). The van der Waals surface area contributed by atoms with Gasteiger partial charge in [0.1, 0.15) is 6.61 Å². The Morgan fingerprint density at radius 3 is 2.65 bits per heavy atom. The molecule has 1 aliphatic rings. The molecule has 4 nitrogen and oxygen atoms in total. The molecule has 1 saturated heterocycles. The highest BCUT2D eigenvalue weighted by molar-refractivity contribution is 5.67. The summed E-state index contributed by atoms with van der Waals surface area (Å²) in [6, 6.07) is 10.1. The summed E-state index contributed by atoms with van der Waals surface area (Å²) in [5.41, 5.74) is 1.01. The summed E-state index contributed by atoms with van der Waals surface area (Å²) < 4.78 is 5.20. The van der Waals surface area contributed by atoms with Crippen molar-refractivity contribution in [1.82, 2.24) is 10.2 Å². The smallest absolute Gasteiger partial charge is 0.407 e. The minimum absolute atomic E-state index is 0.324. The quantitative estimate of drug-likeness (QED) is 0.899. The van der Waals surface area contributed by atoms with Crippen LogP contribution >= 0.6 is 0 Å². The van der Waals surface area contributed by atoms with Gasteiger partial charge in [-0.3, -0.25) is 4.90 Å². The molecule has 0 radical (unpaired) electrons. The van der Waals surface area contributed by atoms with Gasteiger partial charge in [-0.25, -0.2) is 4.79 Å². The maximum absolute atomic E-state index is 11.7. The Kier molecular flexibility index (Phi) is 5.87. The largest absolute Gasteiger partial charge is 0.445 e. The third kappa shape index (κ3) is 4.85. The highest BCUT2D eigenvalue weighted by Crippen LogP contribution is 2.11. The number of hydrogen-bond donors (Lipinski definition) is 1. The van der Waals surface area contributed by atoms with E-state index < -0.39 is 0 Å². The van der Waals surface area contributed by atoms with E-state index in [1.807, 2.05) is 30.3 Å². The van der Waals surface area contributed by atoms with Crippen molar-refractivity contribution in [1.29, 1.82) is 0 Å². The molecular formula is C16H24N2O2. The number of carbonyl (C=O) groups is 1. The maximum atomic E-state index is 11.7. The van der Waals surface area contributed by atoms with E-state index in [0.29, 0.717) is 19.2 Å². The monoisotopic (exact) mass is 276 g/mol. The molecule has 1 fully saturated rings. The number of likely N-dealkylation sites (tertiary alicyclic amines) is 1. The van der Waals surface area contributed by atoms with Crippen LogP contribution in [0.2, 0.25) is 0 Å². The predicted octanol–water partition coefficient (Wildman–Crippen LogP) is 2.79. The van der Waals surface area contributed by atoms with Crippen LogP contribution in [0, 0.1) is 0 Å². The van der Waals surface area contributed by atoms with Gasteiger partial charge in [-0.15, -0.1) is 0 Å². The molecule has 1 aliphatic heterocycles. The molecular weight excluding hydrogens is 252 g/mol. The second-order valence-corrected chi connectivity index (χ2v) is 5.39. The van der Waals surface area contributed by atoms with Crippen LogP contribution in [0.4, 0.5) is 4.79 Å².